The van der Waals surface area contributed by atoms with Crippen LogP contribution in [-0.4, -0.2) is 20.9 Å². The van der Waals surface area contributed by atoms with Gasteiger partial charge in [0.2, 0.25) is 5.91 Å². The molecule has 144 valence electrons. The molecule has 0 aromatic heterocycles. The summed E-state index contributed by atoms with van der Waals surface area (Å²) in [4.78, 5) is 12.5. The van der Waals surface area contributed by atoms with Crippen LogP contribution in [0, 0.1) is 5.82 Å². The summed E-state index contributed by atoms with van der Waals surface area (Å²) in [5.74, 6) is -1.28. The highest BCUT2D eigenvalue weighted by atomic mass is 35.5. The van der Waals surface area contributed by atoms with Crippen LogP contribution >= 0.6 is 11.6 Å². The van der Waals surface area contributed by atoms with Crippen LogP contribution in [0.15, 0.2) is 83.8 Å². The number of carbonyl (C=O) groups excluding carboxylic acids is 1. The number of rotatable bonds is 6. The summed E-state index contributed by atoms with van der Waals surface area (Å²) in [6.07, 6.45) is 0. The maximum absolute atomic E-state index is 13.8. The van der Waals surface area contributed by atoms with Gasteiger partial charge in [0.15, 0.2) is 0 Å². The van der Waals surface area contributed by atoms with Crippen LogP contribution in [0.2, 0.25) is 5.02 Å². The van der Waals surface area contributed by atoms with Crippen molar-refractivity contribution in [3.63, 3.8) is 0 Å². The van der Waals surface area contributed by atoms with Gasteiger partial charge in [-0.15, -0.1) is 0 Å². The van der Waals surface area contributed by atoms with Crippen LogP contribution in [0.1, 0.15) is 0 Å². The molecule has 0 saturated carbocycles. The largest absolute Gasteiger partial charge is 0.322 e. The van der Waals surface area contributed by atoms with Gasteiger partial charge >= 0.3 is 0 Å². The number of nitrogens with one attached hydrogen (secondary N) is 1. The summed E-state index contributed by atoms with van der Waals surface area (Å²) in [5, 5.41) is 2.79. The van der Waals surface area contributed by atoms with Crippen LogP contribution in [0.4, 0.5) is 15.8 Å². The fraction of sp³-hybridized carbons (Fsp3) is 0.0500. The Hall–Kier alpha value is -2.90. The summed E-state index contributed by atoms with van der Waals surface area (Å²) in [5.41, 5.74) is 0.283. The van der Waals surface area contributed by atoms with Crippen molar-refractivity contribution >= 4 is 38.9 Å². The van der Waals surface area contributed by atoms with Crippen molar-refractivity contribution < 1.29 is 17.6 Å². The molecule has 0 aliphatic rings. The highest BCUT2D eigenvalue weighted by Crippen LogP contribution is 2.24. The first kappa shape index (κ1) is 19.9. The third-order valence-corrected chi connectivity index (χ3v) is 5.92. The van der Waals surface area contributed by atoms with Gasteiger partial charge in [-0.2, -0.15) is 0 Å². The van der Waals surface area contributed by atoms with Gasteiger partial charge in [0, 0.05) is 5.02 Å². The van der Waals surface area contributed by atoms with E-state index in [-0.39, 0.29) is 10.6 Å². The van der Waals surface area contributed by atoms with Crippen LogP contribution < -0.4 is 9.62 Å². The monoisotopic (exact) mass is 418 g/mol. The van der Waals surface area contributed by atoms with Crippen LogP contribution in [0.25, 0.3) is 0 Å². The lowest BCUT2D eigenvalue weighted by molar-refractivity contribution is -0.114. The molecule has 5 nitrogen and oxygen atoms in total. The van der Waals surface area contributed by atoms with E-state index in [1.165, 1.54) is 42.5 Å². The normalized spacial score (nSPS) is 11.1. The van der Waals surface area contributed by atoms with Gasteiger partial charge in [-0.1, -0.05) is 41.9 Å². The molecular weight excluding hydrogens is 403 g/mol. The van der Waals surface area contributed by atoms with Gasteiger partial charge in [0.25, 0.3) is 10.0 Å². The quantitative estimate of drug-likeness (QED) is 0.648. The lowest BCUT2D eigenvalue weighted by atomic mass is 10.3. The maximum atomic E-state index is 13.8. The molecule has 0 heterocycles. The molecule has 28 heavy (non-hydrogen) atoms. The number of anilines is 2. The summed E-state index contributed by atoms with van der Waals surface area (Å²) >= 11 is 5.84. The van der Waals surface area contributed by atoms with E-state index in [4.69, 9.17) is 11.6 Å². The molecule has 3 aromatic rings. The van der Waals surface area contributed by atoms with Gasteiger partial charge in [-0.05, 0) is 48.5 Å². The average Bonchev–Trinajstić information content (AvgIpc) is 2.69. The summed E-state index contributed by atoms with van der Waals surface area (Å²) in [6.45, 7) is -0.524. The van der Waals surface area contributed by atoms with Crippen LogP contribution in [0.5, 0.6) is 0 Å². The molecule has 0 aliphatic carbocycles. The number of benzene rings is 3. The molecule has 3 rings (SSSR count). The second-order valence-corrected chi connectivity index (χ2v) is 8.13. The lowest BCUT2D eigenvalue weighted by Gasteiger charge is -2.24. The van der Waals surface area contributed by atoms with E-state index in [0.29, 0.717) is 10.7 Å². The van der Waals surface area contributed by atoms with E-state index >= 15 is 0 Å². The Labute approximate surface area is 167 Å². The first-order valence-corrected chi connectivity index (χ1v) is 10.1. The van der Waals surface area contributed by atoms with Crippen LogP contribution in [0.3, 0.4) is 0 Å². The van der Waals surface area contributed by atoms with E-state index in [9.17, 15) is 17.6 Å². The van der Waals surface area contributed by atoms with Crippen molar-refractivity contribution in [1.82, 2.24) is 0 Å². The molecular formula is C20H16ClFN2O3S. The number of amides is 1. The predicted molar refractivity (Wildman–Crippen MR) is 107 cm³/mol. The minimum Gasteiger partial charge on any atom is -0.322 e. The zero-order valence-corrected chi connectivity index (χ0v) is 16.1. The number of hydrogen-bond acceptors (Lipinski definition) is 3. The molecule has 0 aliphatic heterocycles. The third-order valence-electron chi connectivity index (χ3n) is 3.88. The Morgan fingerprint density at radius 3 is 2.18 bits per heavy atom. The van der Waals surface area contributed by atoms with E-state index in [2.05, 4.69) is 5.32 Å². The summed E-state index contributed by atoms with van der Waals surface area (Å²) in [7, 11) is -4.05. The van der Waals surface area contributed by atoms with Crippen molar-refractivity contribution in [3.8, 4) is 0 Å². The van der Waals surface area contributed by atoms with Crippen molar-refractivity contribution in [1.29, 1.82) is 0 Å². The Morgan fingerprint density at radius 2 is 1.54 bits per heavy atom. The molecule has 1 amide bonds. The molecule has 0 spiro atoms. The summed E-state index contributed by atoms with van der Waals surface area (Å²) < 4.78 is 41.0. The standard InChI is InChI=1S/C20H16ClFN2O3S/c21-15-10-12-17(13-11-15)28(26,27)24(16-6-2-1-3-7-16)14-20(25)23-19-9-5-4-8-18(19)22/h1-13H,14H2,(H,23,25). The minimum atomic E-state index is -4.05. The van der Waals surface area contributed by atoms with Gasteiger partial charge in [0.05, 0.1) is 16.3 Å². The van der Waals surface area contributed by atoms with Gasteiger partial charge in [0.1, 0.15) is 12.4 Å². The first-order valence-electron chi connectivity index (χ1n) is 8.25. The highest BCUT2D eigenvalue weighted by molar-refractivity contribution is 7.92. The molecule has 1 N–H and O–H groups in total. The molecule has 0 fully saturated rings. The van der Waals surface area contributed by atoms with Crippen molar-refractivity contribution in [2.24, 2.45) is 0 Å². The first-order chi connectivity index (χ1) is 13.4. The van der Waals surface area contributed by atoms with Crippen LogP contribution in [-0.2, 0) is 14.8 Å². The number of para-hydroxylation sites is 2. The number of halogens is 2. The van der Waals surface area contributed by atoms with Gasteiger partial charge in [-0.3, -0.25) is 9.10 Å². The molecule has 8 heteroatoms. The Morgan fingerprint density at radius 1 is 0.929 bits per heavy atom. The van der Waals surface area contributed by atoms with Crippen molar-refractivity contribution in [2.45, 2.75) is 4.90 Å². The molecule has 0 saturated heterocycles. The second kappa shape index (κ2) is 8.41. The maximum Gasteiger partial charge on any atom is 0.264 e. The molecule has 0 unspecified atom stereocenters. The Bertz CT molecular complexity index is 1070. The highest BCUT2D eigenvalue weighted by Gasteiger charge is 2.27. The van der Waals surface area contributed by atoms with E-state index in [1.807, 2.05) is 0 Å². The second-order valence-electron chi connectivity index (χ2n) is 5.83. The van der Waals surface area contributed by atoms with Crippen molar-refractivity contribution in [2.75, 3.05) is 16.2 Å². The van der Waals surface area contributed by atoms with Gasteiger partial charge in [-0.25, -0.2) is 12.8 Å². The fourth-order valence-corrected chi connectivity index (χ4v) is 4.07. The SMILES string of the molecule is O=C(CN(c1ccccc1)S(=O)(=O)c1ccc(Cl)cc1)Nc1ccccc1F. The number of carbonyl (C=O) groups is 1. The van der Waals surface area contributed by atoms with Crippen molar-refractivity contribution in [3.05, 3.63) is 89.7 Å². The molecule has 0 radical (unpaired) electrons. The predicted octanol–water partition coefficient (Wildman–Crippen LogP) is 4.31. The average molecular weight is 419 g/mol. The minimum absolute atomic E-state index is 0.0144. The number of nitrogens with zero attached hydrogens (tertiary/aromatic N) is 1. The van der Waals surface area contributed by atoms with E-state index < -0.39 is 28.3 Å². The zero-order chi connectivity index (χ0) is 20.1. The summed E-state index contributed by atoms with van der Waals surface area (Å²) in [6, 6.07) is 19.5. The number of hydrogen-bond donors (Lipinski definition) is 1. The lowest BCUT2D eigenvalue weighted by Crippen LogP contribution is -2.38. The smallest absolute Gasteiger partial charge is 0.264 e. The molecule has 0 bridgehead atoms. The van der Waals surface area contributed by atoms with E-state index in [1.54, 1.807) is 36.4 Å². The fourth-order valence-electron chi connectivity index (χ4n) is 2.53. The molecule has 0 atom stereocenters. The number of sulfonamides is 1. The zero-order valence-electron chi connectivity index (χ0n) is 14.5. The Balaban J connectivity index is 1.93. The topological polar surface area (TPSA) is 66.5 Å². The Kier molecular flexibility index (Phi) is 5.96. The van der Waals surface area contributed by atoms with E-state index in [0.717, 1.165) is 4.31 Å². The van der Waals surface area contributed by atoms with Gasteiger partial charge < -0.3 is 5.32 Å². The third kappa shape index (κ3) is 4.49. The molecule has 3 aromatic carbocycles.